The van der Waals surface area contributed by atoms with E-state index in [1.165, 1.54) is 19.4 Å². The van der Waals surface area contributed by atoms with Crippen molar-refractivity contribution in [3.05, 3.63) is 53.3 Å². The summed E-state index contributed by atoms with van der Waals surface area (Å²) in [7, 11) is -1.86. The van der Waals surface area contributed by atoms with E-state index in [9.17, 15) is 12.8 Å². The summed E-state index contributed by atoms with van der Waals surface area (Å²) in [5.74, 6) is -0.235. The molecule has 22 heavy (non-hydrogen) atoms. The van der Waals surface area contributed by atoms with Crippen molar-refractivity contribution in [3.63, 3.8) is 0 Å². The number of hydrogen-bond donors (Lipinski definition) is 1. The fourth-order valence-electron chi connectivity index (χ4n) is 2.13. The molecule has 6 heteroatoms. The summed E-state index contributed by atoms with van der Waals surface area (Å²) in [6, 6.07) is 9.82. The highest BCUT2D eigenvalue weighted by molar-refractivity contribution is 7.90. The number of nitrogens with one attached hydrogen (secondary N) is 1. The molecule has 0 bridgehead atoms. The molecule has 2 aromatic carbocycles. The summed E-state index contributed by atoms with van der Waals surface area (Å²) in [6.45, 7) is 2.13. The highest BCUT2D eigenvalue weighted by Gasteiger charge is 2.11. The molecule has 2 aromatic rings. The summed E-state index contributed by atoms with van der Waals surface area (Å²) >= 11 is 0. The zero-order valence-electron chi connectivity index (χ0n) is 12.7. The molecule has 0 unspecified atom stereocenters. The van der Waals surface area contributed by atoms with Crippen molar-refractivity contribution in [2.75, 3.05) is 18.7 Å². The fraction of sp³-hybridized carbons (Fsp3) is 0.250. The third kappa shape index (κ3) is 3.76. The lowest BCUT2D eigenvalue weighted by atomic mass is 10.2. The Labute approximate surface area is 129 Å². The predicted octanol–water partition coefficient (Wildman–Crippen LogP) is 3.16. The van der Waals surface area contributed by atoms with E-state index < -0.39 is 15.7 Å². The van der Waals surface area contributed by atoms with Gasteiger partial charge in [0.15, 0.2) is 21.4 Å². The molecule has 0 aliphatic rings. The predicted molar refractivity (Wildman–Crippen MR) is 84.6 cm³/mol. The van der Waals surface area contributed by atoms with E-state index in [0.29, 0.717) is 22.7 Å². The van der Waals surface area contributed by atoms with Gasteiger partial charge < -0.3 is 10.1 Å². The van der Waals surface area contributed by atoms with Crippen LogP contribution in [0.5, 0.6) is 5.75 Å². The standard InChI is InChI=1S/C16H18FNO3S/c1-11-4-6-13(9-16(11)22(3,19)20)18-10-12-5-7-15(21-2)14(17)8-12/h4-9,18H,10H2,1-3H3. The molecule has 0 spiro atoms. The Balaban J connectivity index is 2.17. The molecule has 0 saturated heterocycles. The highest BCUT2D eigenvalue weighted by atomic mass is 32.2. The van der Waals surface area contributed by atoms with Crippen LogP contribution in [0.25, 0.3) is 0 Å². The van der Waals surface area contributed by atoms with Gasteiger partial charge in [-0.25, -0.2) is 12.8 Å². The number of aryl methyl sites for hydroxylation is 1. The van der Waals surface area contributed by atoms with Crippen LogP contribution in [-0.4, -0.2) is 21.8 Å². The summed E-state index contributed by atoms with van der Waals surface area (Å²) in [6.07, 6.45) is 1.18. The molecular weight excluding hydrogens is 305 g/mol. The second kappa shape index (κ2) is 6.36. The van der Waals surface area contributed by atoms with E-state index >= 15 is 0 Å². The zero-order chi connectivity index (χ0) is 16.3. The van der Waals surface area contributed by atoms with Gasteiger partial charge in [0.25, 0.3) is 0 Å². The van der Waals surface area contributed by atoms with Crippen molar-refractivity contribution in [1.29, 1.82) is 0 Å². The van der Waals surface area contributed by atoms with E-state index in [0.717, 1.165) is 5.56 Å². The van der Waals surface area contributed by atoms with Gasteiger partial charge in [0.1, 0.15) is 0 Å². The Kier molecular flexibility index (Phi) is 4.71. The molecule has 0 aromatic heterocycles. The summed E-state index contributed by atoms with van der Waals surface area (Å²) in [4.78, 5) is 0.290. The van der Waals surface area contributed by atoms with Gasteiger partial charge in [0.05, 0.1) is 12.0 Å². The number of sulfone groups is 1. The summed E-state index contributed by atoms with van der Waals surface area (Å²) in [5, 5.41) is 3.09. The molecule has 0 radical (unpaired) electrons. The zero-order valence-corrected chi connectivity index (χ0v) is 13.5. The molecule has 2 rings (SSSR count). The van der Waals surface area contributed by atoms with E-state index in [1.54, 1.807) is 37.3 Å². The first kappa shape index (κ1) is 16.3. The molecule has 0 amide bonds. The first-order valence-corrected chi connectivity index (χ1v) is 8.57. The summed E-state index contributed by atoms with van der Waals surface area (Å²) in [5.41, 5.74) is 2.10. The van der Waals surface area contributed by atoms with Gasteiger partial charge in [-0.05, 0) is 42.3 Å². The van der Waals surface area contributed by atoms with Crippen LogP contribution in [0.2, 0.25) is 0 Å². The van der Waals surface area contributed by atoms with Crippen LogP contribution >= 0.6 is 0 Å². The SMILES string of the molecule is COc1ccc(CNc2ccc(C)c(S(C)(=O)=O)c2)cc1F. The molecule has 1 N–H and O–H groups in total. The molecule has 4 nitrogen and oxygen atoms in total. The number of methoxy groups -OCH3 is 1. The average molecular weight is 323 g/mol. The Morgan fingerprint density at radius 2 is 1.91 bits per heavy atom. The summed E-state index contributed by atoms with van der Waals surface area (Å²) < 4.78 is 41.9. The number of rotatable bonds is 5. The monoisotopic (exact) mass is 323 g/mol. The van der Waals surface area contributed by atoms with Crippen LogP contribution < -0.4 is 10.1 Å². The lowest BCUT2D eigenvalue weighted by molar-refractivity contribution is 0.386. The van der Waals surface area contributed by atoms with Crippen molar-refractivity contribution < 1.29 is 17.5 Å². The van der Waals surface area contributed by atoms with E-state index in [-0.39, 0.29) is 5.75 Å². The average Bonchev–Trinajstić information content (AvgIpc) is 2.45. The second-order valence-electron chi connectivity index (χ2n) is 5.07. The maximum absolute atomic E-state index is 13.6. The number of ether oxygens (including phenoxy) is 1. The molecular formula is C16H18FNO3S. The number of anilines is 1. The second-order valence-corrected chi connectivity index (χ2v) is 7.06. The highest BCUT2D eigenvalue weighted by Crippen LogP contribution is 2.22. The van der Waals surface area contributed by atoms with Crippen LogP contribution in [0, 0.1) is 12.7 Å². The minimum absolute atomic E-state index is 0.193. The van der Waals surface area contributed by atoms with E-state index in [1.807, 2.05) is 0 Å². The Hall–Kier alpha value is -2.08. The van der Waals surface area contributed by atoms with Crippen molar-refractivity contribution >= 4 is 15.5 Å². The number of hydrogen-bond acceptors (Lipinski definition) is 4. The van der Waals surface area contributed by atoms with Gasteiger partial charge in [-0.3, -0.25) is 0 Å². The quantitative estimate of drug-likeness (QED) is 0.918. The first-order chi connectivity index (χ1) is 10.3. The third-order valence-corrected chi connectivity index (χ3v) is 4.54. The van der Waals surface area contributed by atoms with Gasteiger partial charge in [-0.15, -0.1) is 0 Å². The molecule has 0 aliphatic carbocycles. The topological polar surface area (TPSA) is 55.4 Å². The van der Waals surface area contributed by atoms with Crippen molar-refractivity contribution in [3.8, 4) is 5.75 Å². The van der Waals surface area contributed by atoms with Crippen LogP contribution in [-0.2, 0) is 16.4 Å². The maximum Gasteiger partial charge on any atom is 0.175 e. The normalized spacial score (nSPS) is 11.3. The van der Waals surface area contributed by atoms with Crippen molar-refractivity contribution in [2.45, 2.75) is 18.4 Å². The lowest BCUT2D eigenvalue weighted by Gasteiger charge is -2.11. The minimum Gasteiger partial charge on any atom is -0.494 e. The van der Waals surface area contributed by atoms with Crippen LogP contribution in [0.4, 0.5) is 10.1 Å². The van der Waals surface area contributed by atoms with E-state index in [4.69, 9.17) is 4.74 Å². The fourth-order valence-corrected chi connectivity index (χ4v) is 3.13. The number of benzene rings is 2. The Morgan fingerprint density at radius 3 is 2.50 bits per heavy atom. The van der Waals surface area contributed by atoms with Gasteiger partial charge >= 0.3 is 0 Å². The van der Waals surface area contributed by atoms with E-state index in [2.05, 4.69) is 5.32 Å². The maximum atomic E-state index is 13.6. The lowest BCUT2D eigenvalue weighted by Crippen LogP contribution is -2.04. The molecule has 0 aliphatic heterocycles. The Morgan fingerprint density at radius 1 is 1.18 bits per heavy atom. The third-order valence-electron chi connectivity index (χ3n) is 3.30. The Bertz CT molecular complexity index is 788. The molecule has 0 atom stereocenters. The van der Waals surface area contributed by atoms with Crippen LogP contribution in [0.15, 0.2) is 41.3 Å². The van der Waals surface area contributed by atoms with Gasteiger partial charge in [0, 0.05) is 18.5 Å². The largest absolute Gasteiger partial charge is 0.494 e. The van der Waals surface area contributed by atoms with Crippen molar-refractivity contribution in [1.82, 2.24) is 0 Å². The molecule has 0 fully saturated rings. The minimum atomic E-state index is -3.27. The van der Waals surface area contributed by atoms with Crippen LogP contribution in [0.3, 0.4) is 0 Å². The molecule has 0 heterocycles. The van der Waals surface area contributed by atoms with Gasteiger partial charge in [0.2, 0.25) is 0 Å². The molecule has 118 valence electrons. The number of halogens is 1. The van der Waals surface area contributed by atoms with Gasteiger partial charge in [-0.1, -0.05) is 12.1 Å². The van der Waals surface area contributed by atoms with Crippen LogP contribution in [0.1, 0.15) is 11.1 Å². The van der Waals surface area contributed by atoms with Crippen molar-refractivity contribution in [2.24, 2.45) is 0 Å². The smallest absolute Gasteiger partial charge is 0.175 e. The first-order valence-electron chi connectivity index (χ1n) is 6.68. The molecule has 0 saturated carbocycles. The van der Waals surface area contributed by atoms with Gasteiger partial charge in [-0.2, -0.15) is 0 Å².